The highest BCUT2D eigenvalue weighted by molar-refractivity contribution is 7.17. The molecule has 0 bridgehead atoms. The second kappa shape index (κ2) is 7.89. The van der Waals surface area contributed by atoms with Gasteiger partial charge in [-0.15, -0.1) is 11.3 Å². The minimum absolute atomic E-state index is 0.117. The number of methoxy groups -OCH3 is 1. The van der Waals surface area contributed by atoms with Crippen molar-refractivity contribution in [2.24, 2.45) is 0 Å². The maximum Gasteiger partial charge on any atom is 0.341 e. The van der Waals surface area contributed by atoms with Crippen LogP contribution in [0.4, 0.5) is 5.00 Å². The fourth-order valence-corrected chi connectivity index (χ4v) is 5.80. The highest BCUT2D eigenvalue weighted by atomic mass is 32.1. The highest BCUT2D eigenvalue weighted by Gasteiger charge is 2.43. The van der Waals surface area contributed by atoms with Crippen molar-refractivity contribution >= 4 is 28.2 Å². The van der Waals surface area contributed by atoms with Crippen molar-refractivity contribution in [2.45, 2.75) is 44.9 Å². The van der Waals surface area contributed by atoms with Crippen molar-refractivity contribution < 1.29 is 23.8 Å². The fourth-order valence-electron chi connectivity index (χ4n) is 4.25. The predicted octanol–water partition coefficient (Wildman–Crippen LogP) is 3.88. The Bertz CT molecular complexity index is 917. The van der Waals surface area contributed by atoms with Crippen LogP contribution >= 0.6 is 11.3 Å². The van der Waals surface area contributed by atoms with E-state index in [1.54, 1.807) is 4.90 Å². The summed E-state index contributed by atoms with van der Waals surface area (Å²) < 4.78 is 16.9. The number of hydrogen-bond acceptors (Lipinski definition) is 6. The van der Waals surface area contributed by atoms with Gasteiger partial charge >= 0.3 is 5.97 Å². The molecule has 1 aromatic heterocycles. The molecule has 0 saturated carbocycles. The van der Waals surface area contributed by atoms with Crippen molar-refractivity contribution in [3.63, 3.8) is 0 Å². The summed E-state index contributed by atoms with van der Waals surface area (Å²) in [7, 11) is 1.38. The standard InChI is InChI=1S/C22H25NO5S/c1-14(16-7-5-4-6-8-16)23(15(2)24)20-19(21(25)26-3)17-9-10-22(13-18(17)29-20)27-11-12-28-22/h4-8,14H,9-13H2,1-3H3. The number of fused-ring (bicyclic) bond motifs is 1. The summed E-state index contributed by atoms with van der Waals surface area (Å²) in [6.07, 6.45) is 1.93. The summed E-state index contributed by atoms with van der Waals surface area (Å²) >= 11 is 1.47. The van der Waals surface area contributed by atoms with E-state index in [0.29, 0.717) is 43.0 Å². The maximum absolute atomic E-state index is 12.8. The Hall–Kier alpha value is -2.22. The summed E-state index contributed by atoms with van der Waals surface area (Å²) in [5.41, 5.74) is 2.45. The number of hydrogen-bond donors (Lipinski definition) is 0. The van der Waals surface area contributed by atoms with Gasteiger partial charge in [0, 0.05) is 24.6 Å². The molecule has 0 radical (unpaired) electrons. The van der Waals surface area contributed by atoms with E-state index in [0.717, 1.165) is 16.0 Å². The van der Waals surface area contributed by atoms with E-state index in [4.69, 9.17) is 14.2 Å². The van der Waals surface area contributed by atoms with Gasteiger partial charge in [0.05, 0.1) is 31.9 Å². The largest absolute Gasteiger partial charge is 0.465 e. The average molecular weight is 416 g/mol. The molecule has 1 aliphatic carbocycles. The number of carbonyl (C=O) groups is 2. The summed E-state index contributed by atoms with van der Waals surface area (Å²) in [5.74, 6) is -1.13. The molecule has 0 N–H and O–H groups in total. The zero-order valence-corrected chi connectivity index (χ0v) is 17.7. The van der Waals surface area contributed by atoms with Gasteiger partial charge in [0.1, 0.15) is 5.00 Å². The second-order valence-corrected chi connectivity index (χ2v) is 8.52. The van der Waals surface area contributed by atoms with E-state index in [1.165, 1.54) is 25.4 Å². The number of esters is 1. The van der Waals surface area contributed by atoms with Crippen LogP contribution in [0.3, 0.4) is 0 Å². The van der Waals surface area contributed by atoms with Crippen molar-refractivity contribution in [3.05, 3.63) is 51.9 Å². The van der Waals surface area contributed by atoms with Crippen molar-refractivity contribution in [2.75, 3.05) is 25.2 Å². The Kier molecular flexibility index (Phi) is 5.46. The Balaban J connectivity index is 1.80. The summed E-state index contributed by atoms with van der Waals surface area (Å²) in [6.45, 7) is 4.68. The average Bonchev–Trinajstić information content (AvgIpc) is 3.32. The van der Waals surface area contributed by atoms with Crippen molar-refractivity contribution in [1.29, 1.82) is 0 Å². The summed E-state index contributed by atoms with van der Waals surface area (Å²) in [4.78, 5) is 28.2. The lowest BCUT2D eigenvalue weighted by atomic mass is 9.90. The molecule has 1 atom stereocenters. The Morgan fingerprint density at radius 2 is 1.90 bits per heavy atom. The molecule has 1 aromatic carbocycles. The number of rotatable bonds is 4. The number of ether oxygens (including phenoxy) is 3. The number of amides is 1. The number of anilines is 1. The highest BCUT2D eigenvalue weighted by Crippen LogP contribution is 2.46. The van der Waals surface area contributed by atoms with Crippen LogP contribution in [0.2, 0.25) is 0 Å². The first-order chi connectivity index (χ1) is 14.0. The molecule has 1 aliphatic heterocycles. The van der Waals surface area contributed by atoms with Crippen LogP contribution in [0.15, 0.2) is 30.3 Å². The quantitative estimate of drug-likeness (QED) is 0.709. The third-order valence-corrected chi connectivity index (χ3v) is 6.92. The molecule has 1 unspecified atom stereocenters. The minimum Gasteiger partial charge on any atom is -0.465 e. The van der Waals surface area contributed by atoms with E-state index in [-0.39, 0.29) is 11.9 Å². The Morgan fingerprint density at radius 1 is 1.21 bits per heavy atom. The van der Waals surface area contributed by atoms with Gasteiger partial charge in [-0.3, -0.25) is 9.69 Å². The topological polar surface area (TPSA) is 65.1 Å². The third kappa shape index (κ3) is 3.58. The van der Waals surface area contributed by atoms with Crippen LogP contribution in [-0.2, 0) is 31.8 Å². The molecular weight excluding hydrogens is 390 g/mol. The molecular formula is C22H25NO5S. The zero-order chi connectivity index (χ0) is 20.6. The lowest BCUT2D eigenvalue weighted by Crippen LogP contribution is -2.36. The normalized spacial score (nSPS) is 18.3. The van der Waals surface area contributed by atoms with Crippen LogP contribution in [0.1, 0.15) is 52.7 Å². The van der Waals surface area contributed by atoms with E-state index in [2.05, 4.69) is 0 Å². The second-order valence-electron chi connectivity index (χ2n) is 7.44. The molecule has 1 spiro atoms. The number of carbonyl (C=O) groups excluding carboxylic acids is 2. The third-order valence-electron chi connectivity index (χ3n) is 5.69. The first kappa shape index (κ1) is 20.1. The molecule has 2 aromatic rings. The molecule has 29 heavy (non-hydrogen) atoms. The van der Waals surface area contributed by atoms with Crippen molar-refractivity contribution in [3.8, 4) is 0 Å². The van der Waals surface area contributed by atoms with Gasteiger partial charge in [0.2, 0.25) is 5.91 Å². The lowest BCUT2D eigenvalue weighted by Gasteiger charge is -2.31. The predicted molar refractivity (Wildman–Crippen MR) is 110 cm³/mol. The van der Waals surface area contributed by atoms with Gasteiger partial charge in [-0.05, 0) is 24.5 Å². The van der Waals surface area contributed by atoms with Crippen LogP contribution in [0.5, 0.6) is 0 Å². The summed E-state index contributed by atoms with van der Waals surface area (Å²) in [6, 6.07) is 9.60. The van der Waals surface area contributed by atoms with Crippen molar-refractivity contribution in [1.82, 2.24) is 0 Å². The Morgan fingerprint density at radius 3 is 2.52 bits per heavy atom. The lowest BCUT2D eigenvalue weighted by molar-refractivity contribution is -0.163. The van der Waals surface area contributed by atoms with Gasteiger partial charge in [0.15, 0.2) is 5.79 Å². The number of nitrogens with zero attached hydrogens (tertiary/aromatic N) is 1. The molecule has 1 fully saturated rings. The van der Waals surface area contributed by atoms with Crippen LogP contribution in [0, 0.1) is 0 Å². The molecule has 1 amide bonds. The van der Waals surface area contributed by atoms with Crippen LogP contribution in [0.25, 0.3) is 0 Å². The molecule has 2 heterocycles. The van der Waals surface area contributed by atoms with Gasteiger partial charge in [-0.1, -0.05) is 30.3 Å². The SMILES string of the molecule is COC(=O)c1c(N(C(C)=O)C(C)c2ccccc2)sc2c1CCC1(C2)OCCO1. The Labute approximate surface area is 174 Å². The minimum atomic E-state index is -0.603. The molecule has 2 aliphatic rings. The monoisotopic (exact) mass is 415 g/mol. The molecule has 4 rings (SSSR count). The first-order valence-corrected chi connectivity index (χ1v) is 10.6. The van der Waals surface area contributed by atoms with Gasteiger partial charge in [0.25, 0.3) is 0 Å². The van der Waals surface area contributed by atoms with Crippen LogP contribution in [-0.4, -0.2) is 38.0 Å². The van der Waals surface area contributed by atoms with Crippen LogP contribution < -0.4 is 4.90 Å². The van der Waals surface area contributed by atoms with E-state index < -0.39 is 11.8 Å². The molecule has 1 saturated heterocycles. The summed E-state index contributed by atoms with van der Waals surface area (Å²) in [5, 5.41) is 0.640. The van der Waals surface area contributed by atoms with E-state index in [1.807, 2.05) is 37.3 Å². The zero-order valence-electron chi connectivity index (χ0n) is 16.9. The fraction of sp³-hybridized carbons (Fsp3) is 0.455. The molecule has 154 valence electrons. The molecule has 7 heteroatoms. The number of thiophene rings is 1. The van der Waals surface area contributed by atoms with Gasteiger partial charge in [-0.25, -0.2) is 4.79 Å². The van der Waals surface area contributed by atoms with E-state index in [9.17, 15) is 9.59 Å². The first-order valence-electron chi connectivity index (χ1n) is 9.81. The van der Waals surface area contributed by atoms with Gasteiger partial charge < -0.3 is 14.2 Å². The smallest absolute Gasteiger partial charge is 0.341 e. The maximum atomic E-state index is 12.8. The van der Waals surface area contributed by atoms with Gasteiger partial charge in [-0.2, -0.15) is 0 Å². The number of benzene rings is 1. The van der Waals surface area contributed by atoms with E-state index >= 15 is 0 Å². The molecule has 6 nitrogen and oxygen atoms in total.